The van der Waals surface area contributed by atoms with Crippen LogP contribution in [0.15, 0.2) is 12.3 Å². The second-order valence-electron chi connectivity index (χ2n) is 2.90. The Morgan fingerprint density at radius 2 is 2.21 bits per heavy atom. The third kappa shape index (κ3) is 1.56. The van der Waals surface area contributed by atoms with Crippen LogP contribution in [0.4, 0.5) is 0 Å². The summed E-state index contributed by atoms with van der Waals surface area (Å²) in [5, 5.41) is 3.00. The predicted octanol–water partition coefficient (Wildman–Crippen LogP) is 1.24. The summed E-state index contributed by atoms with van der Waals surface area (Å²) in [6.45, 7) is 1.83. The molecule has 0 spiro atoms. The van der Waals surface area contributed by atoms with E-state index in [4.69, 9.17) is 12.2 Å². The van der Waals surface area contributed by atoms with Gasteiger partial charge in [0.1, 0.15) is 11.5 Å². The summed E-state index contributed by atoms with van der Waals surface area (Å²) in [5.41, 5.74) is 0.754. The number of aromatic nitrogens is 5. The largest absolute Gasteiger partial charge is 0.278 e. The minimum atomic E-state index is 0.510. The summed E-state index contributed by atoms with van der Waals surface area (Å²) in [6.07, 6.45) is 1.70. The molecule has 72 valence electrons. The highest BCUT2D eigenvalue weighted by molar-refractivity contribution is 7.71. The zero-order chi connectivity index (χ0) is 10.1. The number of H-pyrrole nitrogens is 1. The third-order valence-corrected chi connectivity index (χ3v) is 2.15. The number of aromatic amines is 1. The molecule has 0 unspecified atom stereocenters. The van der Waals surface area contributed by atoms with Crippen LogP contribution in [0, 0.1) is 11.7 Å². The Hall–Kier alpha value is -1.56. The van der Waals surface area contributed by atoms with Crippen molar-refractivity contribution in [2.24, 2.45) is 7.05 Å². The molecule has 2 aromatic rings. The quantitative estimate of drug-likeness (QED) is 0.715. The van der Waals surface area contributed by atoms with Crippen molar-refractivity contribution in [2.45, 2.75) is 6.92 Å². The maximum Gasteiger partial charge on any atom is 0.216 e. The van der Waals surface area contributed by atoms with Gasteiger partial charge in [-0.15, -0.1) is 0 Å². The van der Waals surface area contributed by atoms with Crippen LogP contribution >= 0.6 is 12.2 Å². The average Bonchev–Trinajstić information content (AvgIpc) is 2.47. The summed E-state index contributed by atoms with van der Waals surface area (Å²) in [4.78, 5) is 12.4. The molecular formula is C8H9N5S. The first-order valence-electron chi connectivity index (χ1n) is 4.10. The molecule has 2 aromatic heterocycles. The van der Waals surface area contributed by atoms with E-state index in [9.17, 15) is 0 Å². The highest BCUT2D eigenvalue weighted by atomic mass is 32.1. The molecule has 0 saturated carbocycles. The van der Waals surface area contributed by atoms with Crippen molar-refractivity contribution in [3.63, 3.8) is 0 Å². The highest BCUT2D eigenvalue weighted by Crippen LogP contribution is 2.09. The Morgan fingerprint density at radius 1 is 1.43 bits per heavy atom. The fourth-order valence-corrected chi connectivity index (χ4v) is 1.24. The fourth-order valence-electron chi connectivity index (χ4n) is 1.10. The summed E-state index contributed by atoms with van der Waals surface area (Å²) in [6, 6.07) is 1.79. The van der Waals surface area contributed by atoms with Crippen LogP contribution in [0.5, 0.6) is 0 Å². The van der Waals surface area contributed by atoms with Gasteiger partial charge < -0.3 is 0 Å². The minimum absolute atomic E-state index is 0.510. The van der Waals surface area contributed by atoms with E-state index >= 15 is 0 Å². The Labute approximate surface area is 85.8 Å². The lowest BCUT2D eigenvalue weighted by atomic mass is 10.4. The SMILES string of the molecule is Cc1nccc(-c2nc(=S)n(C)[nH]2)n1. The van der Waals surface area contributed by atoms with Crippen molar-refractivity contribution in [3.05, 3.63) is 22.9 Å². The van der Waals surface area contributed by atoms with Crippen molar-refractivity contribution in [3.8, 4) is 11.5 Å². The number of rotatable bonds is 1. The number of hydrogen-bond acceptors (Lipinski definition) is 4. The highest BCUT2D eigenvalue weighted by Gasteiger charge is 2.04. The Kier molecular flexibility index (Phi) is 2.12. The molecule has 0 aliphatic rings. The Balaban J connectivity index is 2.54. The van der Waals surface area contributed by atoms with Crippen LogP contribution in [-0.2, 0) is 7.05 Å². The van der Waals surface area contributed by atoms with Crippen LogP contribution in [0.3, 0.4) is 0 Å². The second-order valence-corrected chi connectivity index (χ2v) is 3.27. The first-order chi connectivity index (χ1) is 6.66. The van der Waals surface area contributed by atoms with Crippen molar-refractivity contribution >= 4 is 12.2 Å². The van der Waals surface area contributed by atoms with E-state index < -0.39 is 0 Å². The van der Waals surface area contributed by atoms with Gasteiger partial charge in [0.15, 0.2) is 5.82 Å². The molecule has 2 rings (SSSR count). The predicted molar refractivity (Wildman–Crippen MR) is 54.2 cm³/mol. The second kappa shape index (κ2) is 3.30. The van der Waals surface area contributed by atoms with E-state index in [1.165, 1.54) is 0 Å². The van der Waals surface area contributed by atoms with E-state index in [2.05, 4.69) is 20.1 Å². The fraction of sp³-hybridized carbons (Fsp3) is 0.250. The van der Waals surface area contributed by atoms with Gasteiger partial charge in [0.25, 0.3) is 0 Å². The molecule has 14 heavy (non-hydrogen) atoms. The molecule has 0 radical (unpaired) electrons. The zero-order valence-electron chi connectivity index (χ0n) is 7.85. The van der Waals surface area contributed by atoms with Gasteiger partial charge in [-0.25, -0.2) is 9.97 Å². The lowest BCUT2D eigenvalue weighted by molar-refractivity contribution is 0.755. The first kappa shape index (κ1) is 9.01. The van der Waals surface area contributed by atoms with Crippen LogP contribution in [0.1, 0.15) is 5.82 Å². The maximum absolute atomic E-state index is 4.98. The van der Waals surface area contributed by atoms with Gasteiger partial charge in [-0.1, -0.05) is 0 Å². The van der Waals surface area contributed by atoms with Crippen LogP contribution in [0.25, 0.3) is 11.5 Å². The molecule has 0 atom stereocenters. The van der Waals surface area contributed by atoms with E-state index in [0.717, 1.165) is 5.69 Å². The van der Waals surface area contributed by atoms with Crippen molar-refractivity contribution in [2.75, 3.05) is 0 Å². The molecule has 0 aliphatic carbocycles. The monoisotopic (exact) mass is 207 g/mol. The number of nitrogens with one attached hydrogen (secondary N) is 1. The maximum atomic E-state index is 4.98. The summed E-state index contributed by atoms with van der Waals surface area (Å²) < 4.78 is 2.18. The summed E-state index contributed by atoms with van der Waals surface area (Å²) in [7, 11) is 1.81. The van der Waals surface area contributed by atoms with Crippen molar-refractivity contribution < 1.29 is 0 Å². The van der Waals surface area contributed by atoms with Crippen molar-refractivity contribution in [1.29, 1.82) is 0 Å². The standard InChI is InChI=1S/C8H9N5S/c1-5-9-4-3-6(10-5)7-11-8(14)13(2)12-7/h3-4H,1-2H3,(H,11,12,14). The van der Waals surface area contributed by atoms with Gasteiger partial charge >= 0.3 is 0 Å². The van der Waals surface area contributed by atoms with Gasteiger partial charge in [0.05, 0.1) is 0 Å². The smallest absolute Gasteiger partial charge is 0.216 e. The van der Waals surface area contributed by atoms with Gasteiger partial charge in [-0.05, 0) is 25.2 Å². The van der Waals surface area contributed by atoms with E-state index in [1.807, 2.05) is 14.0 Å². The zero-order valence-corrected chi connectivity index (χ0v) is 8.67. The summed E-state index contributed by atoms with van der Waals surface area (Å²) in [5.74, 6) is 1.38. The van der Waals surface area contributed by atoms with Crippen molar-refractivity contribution in [1.82, 2.24) is 24.7 Å². The van der Waals surface area contributed by atoms with Crippen LogP contribution in [0.2, 0.25) is 0 Å². The molecule has 6 heteroatoms. The normalized spacial score (nSPS) is 10.4. The Bertz CT molecular complexity index is 512. The Morgan fingerprint density at radius 3 is 2.79 bits per heavy atom. The molecule has 0 aliphatic heterocycles. The molecule has 0 bridgehead atoms. The molecule has 1 N–H and O–H groups in total. The molecule has 2 heterocycles. The molecule has 0 aromatic carbocycles. The number of nitrogens with zero attached hydrogens (tertiary/aromatic N) is 4. The average molecular weight is 207 g/mol. The molecule has 0 saturated heterocycles. The third-order valence-electron chi connectivity index (χ3n) is 1.79. The lowest BCUT2D eigenvalue weighted by Gasteiger charge is -1.95. The number of aryl methyl sites for hydroxylation is 2. The minimum Gasteiger partial charge on any atom is -0.278 e. The topological polar surface area (TPSA) is 59.4 Å². The molecular weight excluding hydrogens is 198 g/mol. The van der Waals surface area contributed by atoms with Gasteiger partial charge in [0.2, 0.25) is 4.77 Å². The lowest BCUT2D eigenvalue weighted by Crippen LogP contribution is -1.93. The summed E-state index contributed by atoms with van der Waals surface area (Å²) >= 11 is 4.98. The van der Waals surface area contributed by atoms with E-state index in [1.54, 1.807) is 16.9 Å². The number of hydrogen-bond donors (Lipinski definition) is 1. The molecule has 5 nitrogen and oxygen atoms in total. The van der Waals surface area contributed by atoms with E-state index in [-0.39, 0.29) is 0 Å². The molecule has 0 fully saturated rings. The van der Waals surface area contributed by atoms with Crippen LogP contribution < -0.4 is 0 Å². The van der Waals surface area contributed by atoms with Gasteiger partial charge in [-0.2, -0.15) is 4.98 Å². The van der Waals surface area contributed by atoms with Gasteiger partial charge in [0, 0.05) is 13.2 Å². The first-order valence-corrected chi connectivity index (χ1v) is 4.51. The van der Waals surface area contributed by atoms with E-state index in [0.29, 0.717) is 16.4 Å². The molecule has 0 amide bonds. The van der Waals surface area contributed by atoms with Gasteiger partial charge in [-0.3, -0.25) is 9.78 Å². The van der Waals surface area contributed by atoms with Crippen LogP contribution in [-0.4, -0.2) is 24.7 Å².